The summed E-state index contributed by atoms with van der Waals surface area (Å²) in [6, 6.07) is 9.41. The number of benzene rings is 1. The van der Waals surface area contributed by atoms with E-state index in [1.807, 2.05) is 37.3 Å². The van der Waals surface area contributed by atoms with Crippen molar-refractivity contribution in [3.05, 3.63) is 35.9 Å². The van der Waals surface area contributed by atoms with Gasteiger partial charge in [-0.2, -0.15) is 0 Å². The van der Waals surface area contributed by atoms with Crippen molar-refractivity contribution in [3.8, 4) is 0 Å². The predicted octanol–water partition coefficient (Wildman–Crippen LogP) is 0.985. The molecule has 0 spiro atoms. The largest absolute Gasteiger partial charge is 0.369 e. The van der Waals surface area contributed by atoms with Gasteiger partial charge >= 0.3 is 0 Å². The maximum absolute atomic E-state index is 11.6. The van der Waals surface area contributed by atoms with Crippen molar-refractivity contribution in [1.29, 1.82) is 0 Å². The third kappa shape index (κ3) is 3.08. The first-order valence-corrected chi connectivity index (χ1v) is 5.17. The highest BCUT2D eigenvalue weighted by Crippen LogP contribution is 2.11. The zero-order chi connectivity index (χ0) is 12.1. The van der Waals surface area contributed by atoms with Crippen LogP contribution in [0.5, 0.6) is 0 Å². The molecule has 2 atom stereocenters. The van der Waals surface area contributed by atoms with Crippen molar-refractivity contribution < 1.29 is 9.59 Å². The second-order valence-corrected chi connectivity index (χ2v) is 3.77. The number of carbonyl (C=O) groups is 2. The van der Waals surface area contributed by atoms with E-state index in [-0.39, 0.29) is 11.9 Å². The Morgan fingerprint density at radius 3 is 2.25 bits per heavy atom. The van der Waals surface area contributed by atoms with Crippen LogP contribution in [0.15, 0.2) is 30.3 Å². The number of rotatable bonds is 4. The molecule has 0 aliphatic carbocycles. The van der Waals surface area contributed by atoms with Gasteiger partial charge in [-0.25, -0.2) is 0 Å². The predicted molar refractivity (Wildman–Crippen MR) is 61.4 cm³/mol. The van der Waals surface area contributed by atoms with Crippen molar-refractivity contribution in [1.82, 2.24) is 5.32 Å². The molecule has 4 heteroatoms. The van der Waals surface area contributed by atoms with Gasteiger partial charge in [-0.1, -0.05) is 30.3 Å². The van der Waals surface area contributed by atoms with E-state index in [0.717, 1.165) is 5.56 Å². The molecule has 3 N–H and O–H groups in total. The van der Waals surface area contributed by atoms with Crippen LogP contribution >= 0.6 is 0 Å². The summed E-state index contributed by atoms with van der Waals surface area (Å²) < 4.78 is 0. The minimum absolute atomic E-state index is 0.129. The molecule has 2 amide bonds. The minimum Gasteiger partial charge on any atom is -0.369 e. The Morgan fingerprint density at radius 2 is 1.75 bits per heavy atom. The first-order valence-electron chi connectivity index (χ1n) is 5.17. The van der Waals surface area contributed by atoms with Crippen LogP contribution in [-0.4, -0.2) is 11.8 Å². The van der Waals surface area contributed by atoms with Crippen molar-refractivity contribution in [3.63, 3.8) is 0 Å². The lowest BCUT2D eigenvalue weighted by molar-refractivity contribution is -0.133. The van der Waals surface area contributed by atoms with E-state index in [0.29, 0.717) is 0 Å². The molecule has 0 unspecified atom stereocenters. The van der Waals surface area contributed by atoms with Crippen LogP contribution in [0, 0.1) is 5.92 Å². The molecule has 86 valence electrons. The van der Waals surface area contributed by atoms with Gasteiger partial charge in [0.2, 0.25) is 11.8 Å². The van der Waals surface area contributed by atoms with Gasteiger partial charge in [0, 0.05) is 0 Å². The van der Waals surface area contributed by atoms with E-state index in [1.54, 1.807) is 0 Å². The number of nitrogens with one attached hydrogen (secondary N) is 1. The fourth-order valence-corrected chi connectivity index (χ4v) is 1.29. The van der Waals surface area contributed by atoms with Crippen LogP contribution in [-0.2, 0) is 9.59 Å². The number of carbonyl (C=O) groups excluding carboxylic acids is 2. The van der Waals surface area contributed by atoms with Gasteiger partial charge in [-0.3, -0.25) is 9.59 Å². The fraction of sp³-hybridized carbons (Fsp3) is 0.333. The van der Waals surface area contributed by atoms with E-state index < -0.39 is 11.8 Å². The Labute approximate surface area is 94.8 Å². The SMILES string of the molecule is C[C@@H](C(N)=O)C(=O)N[C@H](C)c1ccccc1. The molecule has 0 fully saturated rings. The summed E-state index contributed by atoms with van der Waals surface area (Å²) in [5.74, 6) is -1.76. The van der Waals surface area contributed by atoms with Crippen LogP contribution < -0.4 is 11.1 Å². The second kappa shape index (κ2) is 5.30. The van der Waals surface area contributed by atoms with E-state index in [1.165, 1.54) is 6.92 Å². The Kier molecular flexibility index (Phi) is 4.05. The minimum atomic E-state index is -0.800. The first-order chi connectivity index (χ1) is 7.52. The van der Waals surface area contributed by atoms with Gasteiger partial charge < -0.3 is 11.1 Å². The van der Waals surface area contributed by atoms with Crippen molar-refractivity contribution >= 4 is 11.8 Å². The second-order valence-electron chi connectivity index (χ2n) is 3.77. The Morgan fingerprint density at radius 1 is 1.19 bits per heavy atom. The van der Waals surface area contributed by atoms with E-state index in [4.69, 9.17) is 5.73 Å². The number of nitrogens with two attached hydrogens (primary N) is 1. The molecule has 1 rings (SSSR count). The lowest BCUT2D eigenvalue weighted by atomic mass is 10.1. The quantitative estimate of drug-likeness (QED) is 0.742. The molecule has 4 nitrogen and oxygen atoms in total. The van der Waals surface area contributed by atoms with Gasteiger partial charge in [-0.15, -0.1) is 0 Å². The molecule has 0 radical (unpaired) electrons. The molecule has 0 aromatic heterocycles. The molecule has 0 bridgehead atoms. The van der Waals surface area contributed by atoms with Crippen LogP contribution in [0.2, 0.25) is 0 Å². The summed E-state index contributed by atoms with van der Waals surface area (Å²) >= 11 is 0. The maximum atomic E-state index is 11.6. The smallest absolute Gasteiger partial charge is 0.232 e. The number of amides is 2. The molecular weight excluding hydrogens is 204 g/mol. The number of primary amides is 1. The Hall–Kier alpha value is -1.84. The van der Waals surface area contributed by atoms with Gasteiger partial charge in [0.15, 0.2) is 0 Å². The van der Waals surface area contributed by atoms with E-state index in [9.17, 15) is 9.59 Å². The summed E-state index contributed by atoms with van der Waals surface area (Å²) in [6.45, 7) is 3.36. The van der Waals surface area contributed by atoms with Crippen molar-refractivity contribution in [2.24, 2.45) is 11.7 Å². The maximum Gasteiger partial charge on any atom is 0.232 e. The first kappa shape index (κ1) is 12.2. The topological polar surface area (TPSA) is 72.2 Å². The van der Waals surface area contributed by atoms with Crippen LogP contribution in [0.4, 0.5) is 0 Å². The third-order valence-corrected chi connectivity index (χ3v) is 2.48. The molecule has 0 aliphatic heterocycles. The van der Waals surface area contributed by atoms with Gasteiger partial charge in [0.25, 0.3) is 0 Å². The molecule has 16 heavy (non-hydrogen) atoms. The lowest BCUT2D eigenvalue weighted by Crippen LogP contribution is -2.38. The summed E-state index contributed by atoms with van der Waals surface area (Å²) in [7, 11) is 0. The highest BCUT2D eigenvalue weighted by Gasteiger charge is 2.20. The molecule has 0 heterocycles. The Balaban J connectivity index is 2.62. The van der Waals surface area contributed by atoms with Gasteiger partial charge in [-0.05, 0) is 19.4 Å². The van der Waals surface area contributed by atoms with Gasteiger partial charge in [0.1, 0.15) is 5.92 Å². The average Bonchev–Trinajstić information content (AvgIpc) is 2.28. The van der Waals surface area contributed by atoms with Crippen molar-refractivity contribution in [2.75, 3.05) is 0 Å². The summed E-state index contributed by atoms with van der Waals surface area (Å²) in [4.78, 5) is 22.4. The summed E-state index contributed by atoms with van der Waals surface area (Å²) in [5, 5.41) is 2.74. The Bertz CT molecular complexity index is 376. The average molecular weight is 220 g/mol. The molecule has 1 aromatic carbocycles. The van der Waals surface area contributed by atoms with E-state index in [2.05, 4.69) is 5.32 Å². The molecule has 1 aromatic rings. The van der Waals surface area contributed by atoms with Crippen LogP contribution in [0.3, 0.4) is 0 Å². The normalized spacial score (nSPS) is 13.9. The summed E-state index contributed by atoms with van der Waals surface area (Å²) in [6.07, 6.45) is 0. The van der Waals surface area contributed by atoms with E-state index >= 15 is 0 Å². The third-order valence-electron chi connectivity index (χ3n) is 2.48. The van der Waals surface area contributed by atoms with Crippen LogP contribution in [0.1, 0.15) is 25.5 Å². The number of hydrogen-bond acceptors (Lipinski definition) is 2. The zero-order valence-electron chi connectivity index (χ0n) is 9.44. The van der Waals surface area contributed by atoms with Crippen LogP contribution in [0.25, 0.3) is 0 Å². The highest BCUT2D eigenvalue weighted by molar-refractivity contribution is 5.99. The van der Waals surface area contributed by atoms with Gasteiger partial charge in [0.05, 0.1) is 6.04 Å². The monoisotopic (exact) mass is 220 g/mol. The highest BCUT2D eigenvalue weighted by atomic mass is 16.2. The lowest BCUT2D eigenvalue weighted by Gasteiger charge is -2.16. The molecule has 0 saturated carbocycles. The number of hydrogen-bond donors (Lipinski definition) is 2. The summed E-state index contributed by atoms with van der Waals surface area (Å²) in [5.41, 5.74) is 6.04. The molecular formula is C12H16N2O2. The molecule has 0 saturated heterocycles. The molecule has 0 aliphatic rings. The fourth-order valence-electron chi connectivity index (χ4n) is 1.29. The van der Waals surface area contributed by atoms with Crippen molar-refractivity contribution in [2.45, 2.75) is 19.9 Å². The standard InChI is InChI=1S/C12H16N2O2/c1-8(11(13)15)12(16)14-9(2)10-6-4-3-5-7-10/h3-9H,1-2H3,(H2,13,15)(H,14,16)/t8-,9+/m0/s1. The zero-order valence-corrected chi connectivity index (χ0v) is 9.44.